The van der Waals surface area contributed by atoms with E-state index in [4.69, 9.17) is 5.73 Å². The van der Waals surface area contributed by atoms with Crippen molar-refractivity contribution in [2.75, 3.05) is 13.1 Å². The molecule has 1 heterocycles. The van der Waals surface area contributed by atoms with Crippen LogP contribution in [0, 0.1) is 0 Å². The predicted molar refractivity (Wildman–Crippen MR) is 90.8 cm³/mol. The molecule has 1 aromatic rings. The van der Waals surface area contributed by atoms with Gasteiger partial charge < -0.3 is 16.0 Å². The Bertz CT molecular complexity index is 518. The summed E-state index contributed by atoms with van der Waals surface area (Å²) in [6.45, 7) is 3.32. The topological polar surface area (TPSA) is 75.4 Å². The fraction of sp³-hybridized carbons (Fsp3) is 0.556. The van der Waals surface area contributed by atoms with Gasteiger partial charge in [0.2, 0.25) is 11.8 Å². The highest BCUT2D eigenvalue weighted by atomic mass is 16.2. The van der Waals surface area contributed by atoms with Gasteiger partial charge in [0.15, 0.2) is 0 Å². The van der Waals surface area contributed by atoms with E-state index in [1.54, 1.807) is 0 Å². The average molecular weight is 317 g/mol. The number of amides is 2. The molecule has 23 heavy (non-hydrogen) atoms. The van der Waals surface area contributed by atoms with Crippen LogP contribution < -0.4 is 11.1 Å². The van der Waals surface area contributed by atoms with Crippen LogP contribution in [-0.4, -0.2) is 41.9 Å². The molecule has 5 heteroatoms. The SMILES string of the molecule is CCCC(N)C(=O)NC1CCN(C(=O)CCc2ccccc2)C1. The van der Waals surface area contributed by atoms with E-state index in [9.17, 15) is 9.59 Å². The largest absolute Gasteiger partial charge is 0.350 e. The second-order valence-corrected chi connectivity index (χ2v) is 6.21. The minimum atomic E-state index is -0.442. The molecule has 1 aromatic carbocycles. The molecule has 2 rings (SSSR count). The van der Waals surface area contributed by atoms with E-state index in [1.165, 1.54) is 5.56 Å². The molecule has 3 N–H and O–H groups in total. The van der Waals surface area contributed by atoms with Crippen LogP contribution in [0.15, 0.2) is 30.3 Å². The lowest BCUT2D eigenvalue weighted by molar-refractivity contribution is -0.130. The molecular weight excluding hydrogens is 290 g/mol. The van der Waals surface area contributed by atoms with Crippen molar-refractivity contribution in [2.45, 2.75) is 51.1 Å². The van der Waals surface area contributed by atoms with Crippen molar-refractivity contribution in [1.82, 2.24) is 10.2 Å². The van der Waals surface area contributed by atoms with Crippen molar-refractivity contribution >= 4 is 11.8 Å². The molecular formula is C18H27N3O2. The van der Waals surface area contributed by atoms with Crippen molar-refractivity contribution in [3.63, 3.8) is 0 Å². The fourth-order valence-corrected chi connectivity index (χ4v) is 2.91. The van der Waals surface area contributed by atoms with Gasteiger partial charge >= 0.3 is 0 Å². The third-order valence-electron chi connectivity index (χ3n) is 4.29. The van der Waals surface area contributed by atoms with Crippen LogP contribution in [0.4, 0.5) is 0 Å². The molecule has 126 valence electrons. The van der Waals surface area contributed by atoms with Gasteiger partial charge in [0.25, 0.3) is 0 Å². The molecule has 0 bridgehead atoms. The summed E-state index contributed by atoms with van der Waals surface area (Å²) in [4.78, 5) is 26.1. The Kier molecular flexibility index (Phi) is 6.59. The van der Waals surface area contributed by atoms with E-state index >= 15 is 0 Å². The van der Waals surface area contributed by atoms with E-state index in [-0.39, 0.29) is 17.9 Å². The molecule has 0 aliphatic carbocycles. The number of nitrogens with zero attached hydrogens (tertiary/aromatic N) is 1. The Hall–Kier alpha value is -1.88. The summed E-state index contributed by atoms with van der Waals surface area (Å²) in [7, 11) is 0. The molecule has 1 fully saturated rings. The summed E-state index contributed by atoms with van der Waals surface area (Å²) >= 11 is 0. The highest BCUT2D eigenvalue weighted by Gasteiger charge is 2.28. The summed E-state index contributed by atoms with van der Waals surface area (Å²) < 4.78 is 0. The first-order valence-corrected chi connectivity index (χ1v) is 8.47. The van der Waals surface area contributed by atoms with Crippen molar-refractivity contribution in [3.05, 3.63) is 35.9 Å². The van der Waals surface area contributed by atoms with Gasteiger partial charge in [-0.3, -0.25) is 9.59 Å². The van der Waals surface area contributed by atoms with Crippen LogP contribution >= 0.6 is 0 Å². The first kappa shape index (κ1) is 17.5. The summed E-state index contributed by atoms with van der Waals surface area (Å²) in [5.74, 6) is 0.0545. The number of carbonyl (C=O) groups excluding carboxylic acids is 2. The quantitative estimate of drug-likeness (QED) is 0.799. The van der Waals surface area contributed by atoms with Gasteiger partial charge in [0.1, 0.15) is 0 Å². The van der Waals surface area contributed by atoms with E-state index < -0.39 is 6.04 Å². The van der Waals surface area contributed by atoms with Crippen LogP contribution in [0.2, 0.25) is 0 Å². The van der Waals surface area contributed by atoms with Crippen molar-refractivity contribution in [1.29, 1.82) is 0 Å². The number of likely N-dealkylation sites (tertiary alicyclic amines) is 1. The van der Waals surface area contributed by atoms with Crippen molar-refractivity contribution in [2.24, 2.45) is 5.73 Å². The Morgan fingerprint density at radius 2 is 2.09 bits per heavy atom. The number of rotatable bonds is 7. The number of hydrogen-bond donors (Lipinski definition) is 2. The Balaban J connectivity index is 1.74. The van der Waals surface area contributed by atoms with E-state index in [0.717, 1.165) is 19.3 Å². The van der Waals surface area contributed by atoms with Crippen molar-refractivity contribution in [3.8, 4) is 0 Å². The van der Waals surface area contributed by atoms with Gasteiger partial charge in [-0.15, -0.1) is 0 Å². The predicted octanol–water partition coefficient (Wildman–Crippen LogP) is 1.46. The lowest BCUT2D eigenvalue weighted by atomic mass is 10.1. The van der Waals surface area contributed by atoms with Crippen LogP contribution in [-0.2, 0) is 16.0 Å². The van der Waals surface area contributed by atoms with Gasteiger partial charge in [-0.05, 0) is 24.8 Å². The maximum atomic E-state index is 12.3. The van der Waals surface area contributed by atoms with Gasteiger partial charge in [0.05, 0.1) is 6.04 Å². The van der Waals surface area contributed by atoms with Crippen molar-refractivity contribution < 1.29 is 9.59 Å². The summed E-state index contributed by atoms with van der Waals surface area (Å²) in [5.41, 5.74) is 7.00. The van der Waals surface area contributed by atoms with Crippen LogP contribution in [0.25, 0.3) is 0 Å². The highest BCUT2D eigenvalue weighted by Crippen LogP contribution is 2.13. The Morgan fingerprint density at radius 3 is 2.78 bits per heavy atom. The van der Waals surface area contributed by atoms with E-state index in [0.29, 0.717) is 25.9 Å². The smallest absolute Gasteiger partial charge is 0.237 e. The zero-order valence-corrected chi connectivity index (χ0v) is 13.8. The second-order valence-electron chi connectivity index (χ2n) is 6.21. The number of nitrogens with one attached hydrogen (secondary N) is 1. The normalized spacial score (nSPS) is 18.7. The summed E-state index contributed by atoms with van der Waals surface area (Å²) in [6.07, 6.45) is 3.66. The Labute approximate surface area is 138 Å². The third-order valence-corrected chi connectivity index (χ3v) is 4.29. The number of carbonyl (C=O) groups is 2. The minimum Gasteiger partial charge on any atom is -0.350 e. The van der Waals surface area contributed by atoms with Gasteiger partial charge in [0, 0.05) is 25.6 Å². The monoisotopic (exact) mass is 317 g/mol. The molecule has 2 atom stereocenters. The van der Waals surface area contributed by atoms with Gasteiger partial charge in [-0.25, -0.2) is 0 Å². The first-order valence-electron chi connectivity index (χ1n) is 8.47. The summed E-state index contributed by atoms with van der Waals surface area (Å²) in [5, 5.41) is 2.96. The molecule has 2 amide bonds. The minimum absolute atomic E-state index is 0.0334. The lowest BCUT2D eigenvalue weighted by Crippen LogP contribution is -2.46. The second kappa shape index (κ2) is 8.67. The summed E-state index contributed by atoms with van der Waals surface area (Å²) in [6, 6.07) is 9.61. The first-order chi connectivity index (χ1) is 11.1. The van der Waals surface area contributed by atoms with Crippen LogP contribution in [0.3, 0.4) is 0 Å². The van der Waals surface area contributed by atoms with Gasteiger partial charge in [-0.1, -0.05) is 43.7 Å². The standard InChI is InChI=1S/C18H27N3O2/c1-2-6-16(19)18(23)20-15-11-12-21(13-15)17(22)10-9-14-7-4-3-5-8-14/h3-5,7-8,15-16H,2,6,9-13,19H2,1H3,(H,20,23). The number of hydrogen-bond acceptors (Lipinski definition) is 3. The zero-order chi connectivity index (χ0) is 16.7. The van der Waals surface area contributed by atoms with Gasteiger partial charge in [-0.2, -0.15) is 0 Å². The Morgan fingerprint density at radius 1 is 1.35 bits per heavy atom. The average Bonchev–Trinajstić information content (AvgIpc) is 3.02. The van der Waals surface area contributed by atoms with E-state index in [1.807, 2.05) is 42.2 Å². The molecule has 0 aromatic heterocycles. The molecule has 5 nitrogen and oxygen atoms in total. The maximum absolute atomic E-state index is 12.3. The lowest BCUT2D eigenvalue weighted by Gasteiger charge is -2.18. The molecule has 1 aliphatic rings. The maximum Gasteiger partial charge on any atom is 0.237 e. The number of aryl methyl sites for hydroxylation is 1. The molecule has 1 saturated heterocycles. The number of benzene rings is 1. The number of nitrogens with two attached hydrogens (primary N) is 1. The van der Waals surface area contributed by atoms with Crippen LogP contribution in [0.1, 0.15) is 38.2 Å². The highest BCUT2D eigenvalue weighted by molar-refractivity contribution is 5.82. The molecule has 0 saturated carbocycles. The van der Waals surface area contributed by atoms with Crippen LogP contribution in [0.5, 0.6) is 0 Å². The molecule has 0 spiro atoms. The third kappa shape index (κ3) is 5.36. The fourth-order valence-electron chi connectivity index (χ4n) is 2.91. The molecule has 0 radical (unpaired) electrons. The zero-order valence-electron chi connectivity index (χ0n) is 13.8. The molecule has 2 unspecified atom stereocenters. The molecule has 1 aliphatic heterocycles. The van der Waals surface area contributed by atoms with E-state index in [2.05, 4.69) is 5.32 Å².